The van der Waals surface area contributed by atoms with Crippen LogP contribution in [0.2, 0.25) is 0 Å². The third-order valence-electron chi connectivity index (χ3n) is 11.1. The van der Waals surface area contributed by atoms with Gasteiger partial charge in [-0.05, 0) is 51.3 Å². The van der Waals surface area contributed by atoms with E-state index < -0.39 is 67.4 Å². The van der Waals surface area contributed by atoms with Crippen LogP contribution < -0.4 is 15.6 Å². The van der Waals surface area contributed by atoms with Gasteiger partial charge in [0, 0.05) is 50.0 Å². The number of H-pyrrole nitrogens is 1. The lowest BCUT2D eigenvalue weighted by molar-refractivity contribution is -0.676. The SMILES string of the molecule is CC[C@@H](O)[C@@H](O)[C@H](O)[C@@H](O)CN(C[C@H](O)[C@@H](O)[C@H](O)[C@H](O)CO)C1CCN(C(=O)c2ccc3c(c2)n(CC)c(CNC(=O)c2nc4cc[nH]c4nc2N)[n+]3CC)CC1. The molecule has 8 atom stereocenters. The zero-order valence-corrected chi connectivity index (χ0v) is 33.0. The third kappa shape index (κ3) is 9.57. The number of rotatable bonds is 19. The fraction of sp³-hybridized carbons (Fsp3) is 0.605. The number of likely N-dealkylation sites (tertiary alicyclic amines) is 1. The van der Waals surface area contributed by atoms with Gasteiger partial charge >= 0.3 is 0 Å². The van der Waals surface area contributed by atoms with Crippen LogP contribution in [0.3, 0.4) is 0 Å². The van der Waals surface area contributed by atoms with Gasteiger partial charge in [-0.3, -0.25) is 14.5 Å². The number of benzene rings is 1. The number of hydrogen-bond acceptors (Lipinski definition) is 15. The second kappa shape index (κ2) is 19.6. The minimum Gasteiger partial charge on any atom is -0.394 e. The summed E-state index contributed by atoms with van der Waals surface area (Å²) in [5.41, 5.74) is 9.13. The molecule has 1 aliphatic heterocycles. The van der Waals surface area contributed by atoms with Crippen LogP contribution in [0.25, 0.3) is 22.2 Å². The molecule has 0 bridgehead atoms. The molecule has 1 fully saturated rings. The van der Waals surface area contributed by atoms with Crippen LogP contribution in [0.15, 0.2) is 30.5 Å². The topological polar surface area (TPSA) is 311 Å². The number of anilines is 1. The average molecular weight is 817 g/mol. The number of aliphatic hydroxyl groups excluding tert-OH is 9. The van der Waals surface area contributed by atoms with E-state index >= 15 is 0 Å². The number of nitrogens with zero attached hydrogens (tertiary/aromatic N) is 6. The number of aliphatic hydroxyl groups is 9. The molecule has 3 aromatic heterocycles. The van der Waals surface area contributed by atoms with Crippen molar-refractivity contribution in [3.63, 3.8) is 0 Å². The number of carbonyl (C=O) groups excluding carboxylic acids is 2. The van der Waals surface area contributed by atoms with Crippen molar-refractivity contribution in [1.82, 2.24) is 34.6 Å². The van der Waals surface area contributed by atoms with Crippen LogP contribution in [-0.2, 0) is 19.6 Å². The largest absolute Gasteiger partial charge is 0.394 e. The van der Waals surface area contributed by atoms with E-state index in [0.717, 1.165) is 16.9 Å². The minimum absolute atomic E-state index is 0.00247. The number of piperidine rings is 1. The van der Waals surface area contributed by atoms with Gasteiger partial charge in [0.15, 0.2) is 28.2 Å². The van der Waals surface area contributed by atoms with Crippen molar-refractivity contribution < 1.29 is 60.1 Å². The van der Waals surface area contributed by atoms with Crippen LogP contribution in [0.1, 0.15) is 66.7 Å². The fourth-order valence-corrected chi connectivity index (χ4v) is 7.66. The maximum atomic E-state index is 14.0. The predicted molar refractivity (Wildman–Crippen MR) is 209 cm³/mol. The second-order valence-corrected chi connectivity index (χ2v) is 14.8. The molecule has 0 aliphatic carbocycles. The molecule has 1 aliphatic rings. The highest BCUT2D eigenvalue weighted by atomic mass is 16.4. The number of fused-ring (bicyclic) bond motifs is 2. The molecule has 58 heavy (non-hydrogen) atoms. The van der Waals surface area contributed by atoms with E-state index in [1.807, 2.05) is 30.5 Å². The summed E-state index contributed by atoms with van der Waals surface area (Å²) in [6.45, 7) is 5.81. The molecule has 1 aromatic carbocycles. The molecule has 20 nitrogen and oxygen atoms in total. The van der Waals surface area contributed by atoms with Crippen LogP contribution in [0, 0.1) is 0 Å². The monoisotopic (exact) mass is 816 g/mol. The summed E-state index contributed by atoms with van der Waals surface area (Å²) in [6.07, 6.45) is -11.0. The number of aromatic amines is 1. The number of amides is 2. The highest BCUT2D eigenvalue weighted by Gasteiger charge is 2.37. The van der Waals surface area contributed by atoms with Crippen LogP contribution >= 0.6 is 0 Å². The fourth-order valence-electron chi connectivity index (χ4n) is 7.66. The van der Waals surface area contributed by atoms with Crippen molar-refractivity contribution in [1.29, 1.82) is 0 Å². The first-order valence-electron chi connectivity index (χ1n) is 19.7. The lowest BCUT2D eigenvalue weighted by Gasteiger charge is -2.41. The van der Waals surface area contributed by atoms with Gasteiger partial charge in [0.2, 0.25) is 0 Å². The molecule has 4 heterocycles. The number of aryl methyl sites for hydroxylation is 2. The van der Waals surface area contributed by atoms with Crippen molar-refractivity contribution in [3.05, 3.63) is 47.5 Å². The molecule has 320 valence electrons. The zero-order chi connectivity index (χ0) is 42.4. The van der Waals surface area contributed by atoms with Gasteiger partial charge in [0.1, 0.15) is 42.6 Å². The molecule has 0 radical (unpaired) electrons. The molecular formula is C38H58N9O11+. The number of imidazole rings is 1. The molecule has 0 saturated carbocycles. The number of aromatic nitrogens is 5. The molecule has 0 spiro atoms. The first-order valence-corrected chi connectivity index (χ1v) is 19.7. The van der Waals surface area contributed by atoms with Gasteiger partial charge in [-0.15, -0.1) is 0 Å². The molecule has 5 rings (SSSR count). The lowest BCUT2D eigenvalue weighted by atomic mass is 9.96. The molecule has 1 saturated heterocycles. The Morgan fingerprint density at radius 3 is 2.12 bits per heavy atom. The van der Waals surface area contributed by atoms with Gasteiger partial charge in [-0.25, -0.2) is 19.1 Å². The van der Waals surface area contributed by atoms with E-state index in [9.17, 15) is 55.5 Å². The Kier molecular flexibility index (Phi) is 15.1. The number of carbonyl (C=O) groups is 2. The summed E-state index contributed by atoms with van der Waals surface area (Å²) in [6, 6.07) is 6.72. The Hall–Kier alpha value is -4.35. The van der Waals surface area contributed by atoms with Gasteiger partial charge in [0.05, 0.1) is 38.0 Å². The summed E-state index contributed by atoms with van der Waals surface area (Å²) in [7, 11) is 0. The Balaban J connectivity index is 1.31. The highest BCUT2D eigenvalue weighted by Crippen LogP contribution is 2.24. The number of nitrogens with two attached hydrogens (primary N) is 1. The Labute approximate surface area is 334 Å². The van der Waals surface area contributed by atoms with E-state index in [-0.39, 0.29) is 56.6 Å². The molecule has 0 unspecified atom stereocenters. The molecule has 2 amide bonds. The molecule has 20 heteroatoms. The van der Waals surface area contributed by atoms with Gasteiger partial charge in [0.25, 0.3) is 17.6 Å². The Morgan fingerprint density at radius 1 is 0.914 bits per heavy atom. The van der Waals surface area contributed by atoms with Gasteiger partial charge < -0.3 is 66.9 Å². The average Bonchev–Trinajstić information content (AvgIpc) is 3.83. The Morgan fingerprint density at radius 2 is 1.53 bits per heavy atom. The van der Waals surface area contributed by atoms with Crippen LogP contribution in [0.4, 0.5) is 5.82 Å². The van der Waals surface area contributed by atoms with E-state index in [2.05, 4.69) is 24.8 Å². The third-order valence-corrected chi connectivity index (χ3v) is 11.1. The summed E-state index contributed by atoms with van der Waals surface area (Å²) < 4.78 is 4.08. The molecule has 4 aromatic rings. The van der Waals surface area contributed by atoms with Crippen molar-refractivity contribution in [3.8, 4) is 0 Å². The summed E-state index contributed by atoms with van der Waals surface area (Å²) in [5.74, 6) is 0.0792. The number of nitrogen functional groups attached to an aromatic ring is 1. The number of nitrogens with one attached hydrogen (secondary N) is 2. The van der Waals surface area contributed by atoms with Crippen molar-refractivity contribution >= 4 is 39.8 Å². The Bertz CT molecular complexity index is 1970. The maximum absolute atomic E-state index is 14.0. The normalized spacial score (nSPS) is 18.3. The van der Waals surface area contributed by atoms with Crippen LogP contribution in [0.5, 0.6) is 0 Å². The minimum atomic E-state index is -1.88. The smallest absolute Gasteiger partial charge is 0.277 e. The van der Waals surface area contributed by atoms with Crippen LogP contribution in [-0.4, -0.2) is 175 Å². The summed E-state index contributed by atoms with van der Waals surface area (Å²) in [4.78, 5) is 41.9. The maximum Gasteiger partial charge on any atom is 0.277 e. The number of hydrogen-bond donors (Lipinski definition) is 12. The predicted octanol–water partition coefficient (Wildman–Crippen LogP) is -3.05. The van der Waals surface area contributed by atoms with Crippen molar-refractivity contribution in [2.45, 2.75) is 115 Å². The van der Waals surface area contributed by atoms with Gasteiger partial charge in [-0.2, -0.15) is 0 Å². The van der Waals surface area contributed by atoms with Crippen molar-refractivity contribution in [2.75, 3.05) is 38.5 Å². The zero-order valence-electron chi connectivity index (χ0n) is 33.0. The lowest BCUT2D eigenvalue weighted by Crippen LogP contribution is -2.56. The summed E-state index contributed by atoms with van der Waals surface area (Å²) in [5, 5.41) is 95.4. The van der Waals surface area contributed by atoms with Gasteiger partial charge in [-0.1, -0.05) is 6.92 Å². The summed E-state index contributed by atoms with van der Waals surface area (Å²) >= 11 is 0. The van der Waals surface area contributed by atoms with E-state index in [1.165, 1.54) is 0 Å². The van der Waals surface area contributed by atoms with E-state index in [4.69, 9.17) is 5.73 Å². The quantitative estimate of drug-likeness (QED) is 0.0419. The first kappa shape index (κ1) is 44.7. The standard InChI is InChI=1S/C38H57N9O11/c1-4-25(49)31(53)32(54)26(50)17-45(18-27(51)33(55)34(56)28(52)19-48)21-10-13-44(14-11-21)38(58)20-7-8-23-24(15-20)47(6-3)29(46(23)5-2)16-41-37(57)30-35(39)43-36-22(42-30)9-12-40-36/h7-9,12,15,21,25-28,31-34,48-56H,4-6,10-11,13-14,16-19H2,1-3H3,(H3-,39,40,41,42,43,57)/p+1/t25-,26+,27+,28-,31-,32-,33-,34-/m1/s1. The highest BCUT2D eigenvalue weighted by molar-refractivity contribution is 5.98. The van der Waals surface area contributed by atoms with E-state index in [0.29, 0.717) is 42.7 Å². The second-order valence-electron chi connectivity index (χ2n) is 14.8. The van der Waals surface area contributed by atoms with E-state index in [1.54, 1.807) is 35.1 Å². The first-order chi connectivity index (χ1) is 27.6. The molecular weight excluding hydrogens is 758 g/mol. The van der Waals surface area contributed by atoms with Crippen molar-refractivity contribution in [2.24, 2.45) is 0 Å². The molecule has 13 N–H and O–H groups in total.